The van der Waals surface area contributed by atoms with E-state index in [4.69, 9.17) is 0 Å². The van der Waals surface area contributed by atoms with Gasteiger partial charge in [-0.15, -0.1) is 0 Å². The molecule has 1 radical (unpaired) electrons. The molecule has 3 heteroatoms. The van der Waals surface area contributed by atoms with Crippen LogP contribution >= 0.6 is 16.1 Å². The summed E-state index contributed by atoms with van der Waals surface area (Å²) < 4.78 is 1.28. The smallest absolute Gasteiger partial charge is 0.239 e. The van der Waals surface area contributed by atoms with Crippen LogP contribution in [0.4, 0.5) is 0 Å². The maximum absolute atomic E-state index is 11.1. The van der Waals surface area contributed by atoms with Gasteiger partial charge in [-0.05, 0) is 6.92 Å². The van der Waals surface area contributed by atoms with Crippen LogP contribution in [-0.2, 0) is 4.79 Å². The van der Waals surface area contributed by atoms with E-state index in [0.29, 0.717) is 5.70 Å². The normalized spacial score (nSPS) is 9.70. The minimum atomic E-state index is -0.0297. The van der Waals surface area contributed by atoms with Crippen molar-refractivity contribution in [3.8, 4) is 0 Å². The van der Waals surface area contributed by atoms with E-state index >= 15 is 0 Å². The predicted molar refractivity (Wildman–Crippen MR) is 45.1 cm³/mol. The topological polar surface area (TPSA) is 20.3 Å². The highest BCUT2D eigenvalue weighted by molar-refractivity contribution is 9.07. The molecule has 0 saturated heterocycles. The van der Waals surface area contributed by atoms with Gasteiger partial charge in [-0.3, -0.25) is 8.72 Å². The molecule has 0 bridgehead atoms. The predicted octanol–water partition coefficient (Wildman–Crippen LogP) is 2.13. The first-order valence-corrected chi connectivity index (χ1v) is 3.68. The van der Waals surface area contributed by atoms with E-state index in [-0.39, 0.29) is 11.8 Å². The summed E-state index contributed by atoms with van der Waals surface area (Å²) in [6.45, 7) is 10.6. The van der Waals surface area contributed by atoms with E-state index in [0.717, 1.165) is 0 Å². The van der Waals surface area contributed by atoms with Crippen molar-refractivity contribution in [2.45, 2.75) is 13.8 Å². The van der Waals surface area contributed by atoms with Crippen LogP contribution in [0.15, 0.2) is 12.3 Å². The van der Waals surface area contributed by atoms with Gasteiger partial charge in [0.2, 0.25) is 5.91 Å². The van der Waals surface area contributed by atoms with Crippen LogP contribution in [-0.4, -0.2) is 9.83 Å². The Morgan fingerprint density at radius 2 is 2.00 bits per heavy atom. The summed E-state index contributed by atoms with van der Waals surface area (Å²) in [6.07, 6.45) is 0. The largest absolute Gasteiger partial charge is 0.273 e. The Hall–Kier alpha value is -0.310. The Morgan fingerprint density at radius 1 is 1.60 bits per heavy atom. The van der Waals surface area contributed by atoms with E-state index < -0.39 is 0 Å². The molecule has 0 spiro atoms. The fourth-order valence-corrected chi connectivity index (χ4v) is 0.792. The van der Waals surface area contributed by atoms with Crippen molar-refractivity contribution < 1.29 is 4.79 Å². The third-order valence-corrected chi connectivity index (χ3v) is 1.82. The van der Waals surface area contributed by atoms with Gasteiger partial charge in [0, 0.05) is 11.6 Å². The van der Waals surface area contributed by atoms with Crippen molar-refractivity contribution in [2.75, 3.05) is 0 Å². The molecule has 0 N–H and O–H groups in total. The van der Waals surface area contributed by atoms with Gasteiger partial charge in [-0.1, -0.05) is 20.4 Å². The lowest BCUT2D eigenvalue weighted by molar-refractivity contribution is -0.127. The zero-order valence-corrected chi connectivity index (χ0v) is 7.81. The molecule has 0 aliphatic carbocycles. The van der Waals surface area contributed by atoms with Crippen molar-refractivity contribution in [1.29, 1.82) is 0 Å². The quantitative estimate of drug-likeness (QED) is 0.632. The molecule has 10 heavy (non-hydrogen) atoms. The summed E-state index contributed by atoms with van der Waals surface area (Å²) in [4.78, 5) is 11.1. The van der Waals surface area contributed by atoms with Gasteiger partial charge in [0.1, 0.15) is 0 Å². The molecule has 0 unspecified atom stereocenters. The van der Waals surface area contributed by atoms with Crippen LogP contribution in [0.2, 0.25) is 0 Å². The zero-order valence-electron chi connectivity index (χ0n) is 6.22. The Labute approximate surface area is 70.2 Å². The van der Waals surface area contributed by atoms with Gasteiger partial charge < -0.3 is 0 Å². The standard InChI is InChI=1S/C7H11BrNO/c1-5(2)7(10)9(8)6(3)4/h5H,3-4H2,1-2H3. The number of halogens is 1. The fourth-order valence-electron chi connectivity index (χ4n) is 0.383. The number of nitrogens with zero attached hydrogens (tertiary/aromatic N) is 1. The van der Waals surface area contributed by atoms with Gasteiger partial charge >= 0.3 is 0 Å². The lowest BCUT2D eigenvalue weighted by atomic mass is 10.2. The third-order valence-electron chi connectivity index (χ3n) is 0.965. The highest BCUT2D eigenvalue weighted by Gasteiger charge is 2.14. The first-order valence-electron chi connectivity index (χ1n) is 2.97. The number of allylic oxidation sites excluding steroid dienone is 1. The summed E-state index contributed by atoms with van der Waals surface area (Å²) in [5, 5.41) is 0. The van der Waals surface area contributed by atoms with Crippen molar-refractivity contribution in [2.24, 2.45) is 5.92 Å². The molecule has 2 nitrogen and oxygen atoms in total. The second kappa shape index (κ2) is 3.76. The highest BCUT2D eigenvalue weighted by atomic mass is 79.9. The minimum Gasteiger partial charge on any atom is -0.273 e. The van der Waals surface area contributed by atoms with Gasteiger partial charge in [0.25, 0.3) is 0 Å². The molecule has 1 amide bonds. The third kappa shape index (κ3) is 2.52. The van der Waals surface area contributed by atoms with Crippen molar-refractivity contribution in [3.63, 3.8) is 0 Å². The second-order valence-electron chi connectivity index (χ2n) is 2.34. The van der Waals surface area contributed by atoms with E-state index in [1.807, 2.05) is 13.8 Å². The molecule has 0 heterocycles. The van der Waals surface area contributed by atoms with Gasteiger partial charge in [-0.2, -0.15) is 0 Å². The molecule has 0 aliphatic rings. The SMILES string of the molecule is [CH2]C(=C)N(Br)C(=O)C(C)C. The van der Waals surface area contributed by atoms with E-state index in [1.165, 1.54) is 3.93 Å². The number of hydrogen-bond acceptors (Lipinski definition) is 1. The number of carbonyl (C=O) groups is 1. The zero-order chi connectivity index (χ0) is 8.31. The van der Waals surface area contributed by atoms with E-state index in [1.54, 1.807) is 0 Å². The molecule has 0 aromatic rings. The van der Waals surface area contributed by atoms with Crippen LogP contribution in [0, 0.1) is 12.8 Å². The molecule has 0 atom stereocenters. The molecule has 0 aromatic carbocycles. The molecular weight excluding hydrogens is 194 g/mol. The maximum Gasteiger partial charge on any atom is 0.239 e. The maximum atomic E-state index is 11.1. The Morgan fingerprint density at radius 3 is 2.10 bits per heavy atom. The van der Waals surface area contributed by atoms with E-state index in [9.17, 15) is 4.79 Å². The molecule has 0 aliphatic heterocycles. The average Bonchev–Trinajstić information content (AvgIpc) is 1.84. The van der Waals surface area contributed by atoms with E-state index in [2.05, 4.69) is 29.6 Å². The Balaban J connectivity index is 4.08. The minimum absolute atomic E-state index is 0.0278. The lowest BCUT2D eigenvalue weighted by Gasteiger charge is -2.15. The summed E-state index contributed by atoms with van der Waals surface area (Å²) >= 11 is 3.03. The van der Waals surface area contributed by atoms with Crippen LogP contribution in [0.5, 0.6) is 0 Å². The number of carbonyl (C=O) groups excluding carboxylic acids is 1. The Kier molecular flexibility index (Phi) is 3.64. The monoisotopic (exact) mass is 204 g/mol. The van der Waals surface area contributed by atoms with Crippen molar-refractivity contribution in [3.05, 3.63) is 19.2 Å². The van der Waals surface area contributed by atoms with Crippen molar-refractivity contribution in [1.82, 2.24) is 3.93 Å². The van der Waals surface area contributed by atoms with Gasteiger partial charge in [0.05, 0.1) is 16.1 Å². The molecule has 0 fully saturated rings. The first-order chi connectivity index (χ1) is 4.46. The molecule has 0 aromatic heterocycles. The summed E-state index contributed by atoms with van der Waals surface area (Å²) in [7, 11) is 0. The Bertz CT molecular complexity index is 154. The number of amides is 1. The second-order valence-corrected chi connectivity index (χ2v) is 3.05. The lowest BCUT2D eigenvalue weighted by Crippen LogP contribution is -2.23. The number of hydrogen-bond donors (Lipinski definition) is 0. The molecule has 0 saturated carbocycles. The van der Waals surface area contributed by atoms with Crippen molar-refractivity contribution >= 4 is 22.1 Å². The molecular formula is C7H11BrNO. The average molecular weight is 205 g/mol. The van der Waals surface area contributed by atoms with Crippen LogP contribution < -0.4 is 0 Å². The summed E-state index contributed by atoms with van der Waals surface area (Å²) in [5.41, 5.74) is 0.457. The van der Waals surface area contributed by atoms with Gasteiger partial charge in [-0.25, -0.2) is 0 Å². The van der Waals surface area contributed by atoms with Gasteiger partial charge in [0.15, 0.2) is 0 Å². The summed E-state index contributed by atoms with van der Waals surface area (Å²) in [5.74, 6) is -0.0575. The van der Waals surface area contributed by atoms with Crippen LogP contribution in [0.25, 0.3) is 0 Å². The highest BCUT2D eigenvalue weighted by Crippen LogP contribution is 2.11. The van der Waals surface area contributed by atoms with Crippen LogP contribution in [0.1, 0.15) is 13.8 Å². The fraction of sp³-hybridized carbons (Fsp3) is 0.429. The summed E-state index contributed by atoms with van der Waals surface area (Å²) in [6, 6.07) is 0. The first kappa shape index (κ1) is 9.69. The number of rotatable bonds is 2. The van der Waals surface area contributed by atoms with Crippen LogP contribution in [0.3, 0.4) is 0 Å². The molecule has 57 valence electrons. The molecule has 0 rings (SSSR count).